The molecule has 0 aliphatic heterocycles. The lowest BCUT2D eigenvalue weighted by Crippen LogP contribution is -1.96. The SMILES string of the molecule is Cl.Cl.O=C(O)c1nc2nc(C(=O)O)sc2s1. The van der Waals surface area contributed by atoms with Gasteiger partial charge in [-0.2, -0.15) is 0 Å². The Morgan fingerprint density at radius 2 is 1.31 bits per heavy atom. The van der Waals surface area contributed by atoms with Crippen LogP contribution in [-0.4, -0.2) is 32.1 Å². The Morgan fingerprint density at radius 3 is 1.56 bits per heavy atom. The van der Waals surface area contributed by atoms with Crippen molar-refractivity contribution in [3.8, 4) is 0 Å². The Balaban J connectivity index is 0.00000112. The number of carbonyl (C=O) groups is 2. The van der Waals surface area contributed by atoms with E-state index in [1.807, 2.05) is 0 Å². The van der Waals surface area contributed by atoms with Gasteiger partial charge in [-0.3, -0.25) is 0 Å². The Kier molecular flexibility index (Phi) is 5.07. The van der Waals surface area contributed by atoms with E-state index in [2.05, 4.69) is 9.97 Å². The zero-order valence-corrected chi connectivity index (χ0v) is 10.5. The summed E-state index contributed by atoms with van der Waals surface area (Å²) in [5.41, 5.74) is 0.190. The lowest BCUT2D eigenvalue weighted by Gasteiger charge is -1.82. The minimum Gasteiger partial charge on any atom is -0.476 e. The van der Waals surface area contributed by atoms with Gasteiger partial charge in [0, 0.05) is 0 Å². The van der Waals surface area contributed by atoms with Crippen molar-refractivity contribution in [3.63, 3.8) is 0 Å². The maximum atomic E-state index is 10.5. The highest BCUT2D eigenvalue weighted by molar-refractivity contribution is 7.39. The van der Waals surface area contributed by atoms with Crippen LogP contribution in [0.4, 0.5) is 0 Å². The van der Waals surface area contributed by atoms with Crippen molar-refractivity contribution in [1.29, 1.82) is 0 Å². The largest absolute Gasteiger partial charge is 0.476 e. The molecule has 6 nitrogen and oxygen atoms in total. The highest BCUT2D eigenvalue weighted by Crippen LogP contribution is 2.27. The standard InChI is InChI=1S/C6H2N2O4S2.2ClH/c9-4(10)2-7-1-6(13-2)14-3(8-1)5(11)12;;/h(H,9,10)(H,11,12);2*1H. The van der Waals surface area contributed by atoms with Crippen molar-refractivity contribution in [2.45, 2.75) is 0 Å². The summed E-state index contributed by atoms with van der Waals surface area (Å²) in [6.45, 7) is 0. The summed E-state index contributed by atoms with van der Waals surface area (Å²) in [7, 11) is 0. The van der Waals surface area contributed by atoms with Gasteiger partial charge in [-0.25, -0.2) is 19.6 Å². The summed E-state index contributed by atoms with van der Waals surface area (Å²) in [4.78, 5) is 28.3. The van der Waals surface area contributed by atoms with Gasteiger partial charge in [-0.15, -0.1) is 24.8 Å². The molecule has 2 N–H and O–H groups in total. The second kappa shape index (κ2) is 5.39. The van der Waals surface area contributed by atoms with Gasteiger partial charge in [0.15, 0.2) is 5.65 Å². The van der Waals surface area contributed by atoms with Gasteiger partial charge < -0.3 is 10.2 Å². The van der Waals surface area contributed by atoms with Crippen LogP contribution >= 0.6 is 47.5 Å². The zero-order valence-electron chi connectivity index (χ0n) is 7.24. The molecule has 2 aromatic rings. The van der Waals surface area contributed by atoms with E-state index in [9.17, 15) is 9.59 Å². The molecular weight excluding hydrogens is 299 g/mol. The fourth-order valence-corrected chi connectivity index (χ4v) is 2.62. The van der Waals surface area contributed by atoms with Gasteiger partial charge in [0.05, 0.1) is 0 Å². The Hall–Kier alpha value is -0.960. The van der Waals surface area contributed by atoms with Crippen LogP contribution in [0.5, 0.6) is 0 Å². The normalized spacial score (nSPS) is 9.25. The molecule has 2 aromatic heterocycles. The van der Waals surface area contributed by atoms with Crippen LogP contribution in [0.1, 0.15) is 19.6 Å². The average molecular weight is 303 g/mol. The summed E-state index contributed by atoms with van der Waals surface area (Å²) in [6.07, 6.45) is 0. The molecule has 0 aliphatic rings. The van der Waals surface area contributed by atoms with Crippen LogP contribution in [0.3, 0.4) is 0 Å². The van der Waals surface area contributed by atoms with Crippen LogP contribution in [0.15, 0.2) is 0 Å². The fraction of sp³-hybridized carbons (Fsp3) is 0. The molecule has 0 bridgehead atoms. The predicted octanol–water partition coefficient (Wildman–Crippen LogP) is 1.99. The van der Waals surface area contributed by atoms with Crippen LogP contribution < -0.4 is 0 Å². The van der Waals surface area contributed by atoms with Crippen molar-refractivity contribution < 1.29 is 19.8 Å². The first-order chi connectivity index (χ1) is 6.58. The molecule has 2 rings (SSSR count). The lowest BCUT2D eigenvalue weighted by atomic mass is 10.7. The number of carboxylic acids is 2. The number of thiazole rings is 2. The van der Waals surface area contributed by atoms with Gasteiger partial charge >= 0.3 is 11.9 Å². The molecule has 0 unspecified atom stereocenters. The number of aromatic carboxylic acids is 2. The molecule has 88 valence electrons. The van der Waals surface area contributed by atoms with Gasteiger partial charge in [-0.05, 0) is 0 Å². The van der Waals surface area contributed by atoms with Crippen LogP contribution in [0, 0.1) is 0 Å². The summed E-state index contributed by atoms with van der Waals surface area (Å²) < 4.78 is 0.514. The first-order valence-corrected chi connectivity index (χ1v) is 4.95. The number of hydrogen-bond donors (Lipinski definition) is 2. The maximum absolute atomic E-state index is 10.5. The molecular formula is C6H4Cl2N2O4S2. The first-order valence-electron chi connectivity index (χ1n) is 3.32. The third-order valence-electron chi connectivity index (χ3n) is 1.34. The number of hydrogen-bond acceptors (Lipinski definition) is 6. The maximum Gasteiger partial charge on any atom is 0.365 e. The van der Waals surface area contributed by atoms with Crippen LogP contribution in [-0.2, 0) is 0 Å². The predicted molar refractivity (Wildman–Crippen MR) is 63.7 cm³/mol. The Bertz CT molecular complexity index is 463. The molecule has 2 heterocycles. The number of halogens is 2. The fourth-order valence-electron chi connectivity index (χ4n) is 0.825. The van der Waals surface area contributed by atoms with Crippen LogP contribution in [0.25, 0.3) is 9.66 Å². The van der Waals surface area contributed by atoms with E-state index < -0.39 is 11.9 Å². The monoisotopic (exact) mass is 302 g/mol. The molecule has 0 saturated carbocycles. The third kappa shape index (κ3) is 2.59. The quantitative estimate of drug-likeness (QED) is 0.880. The molecule has 0 radical (unpaired) electrons. The van der Waals surface area contributed by atoms with Crippen LogP contribution in [0.2, 0.25) is 0 Å². The van der Waals surface area contributed by atoms with Gasteiger partial charge in [0.1, 0.15) is 4.01 Å². The highest BCUT2D eigenvalue weighted by atomic mass is 35.5. The average Bonchev–Trinajstić information content (AvgIpc) is 2.57. The van der Waals surface area contributed by atoms with E-state index in [-0.39, 0.29) is 40.5 Å². The number of rotatable bonds is 2. The summed E-state index contributed by atoms with van der Waals surface area (Å²) in [5.74, 6) is -2.26. The van der Waals surface area contributed by atoms with Crippen molar-refractivity contribution in [3.05, 3.63) is 10.0 Å². The second-order valence-corrected chi connectivity index (χ2v) is 4.52. The van der Waals surface area contributed by atoms with Gasteiger partial charge in [-0.1, -0.05) is 22.7 Å². The molecule has 10 heteroatoms. The second-order valence-electron chi connectivity index (χ2n) is 2.26. The van der Waals surface area contributed by atoms with E-state index >= 15 is 0 Å². The molecule has 0 fully saturated rings. The van der Waals surface area contributed by atoms with E-state index in [1.54, 1.807) is 0 Å². The van der Waals surface area contributed by atoms with Crippen molar-refractivity contribution in [1.82, 2.24) is 9.97 Å². The van der Waals surface area contributed by atoms with Crippen molar-refractivity contribution in [2.75, 3.05) is 0 Å². The first kappa shape index (κ1) is 15.0. The van der Waals surface area contributed by atoms with Crippen molar-refractivity contribution >= 4 is 69.1 Å². The molecule has 0 amide bonds. The lowest BCUT2D eigenvalue weighted by molar-refractivity contribution is 0.0687. The Labute approximate surface area is 109 Å². The number of carboxylic acid groups (broad SMARTS) is 2. The van der Waals surface area contributed by atoms with E-state index in [1.165, 1.54) is 0 Å². The summed E-state index contributed by atoms with van der Waals surface area (Å²) in [5, 5.41) is 17.0. The molecule has 16 heavy (non-hydrogen) atoms. The Morgan fingerprint density at radius 1 is 0.938 bits per heavy atom. The van der Waals surface area contributed by atoms with Gasteiger partial charge in [0.2, 0.25) is 10.0 Å². The molecule has 0 atom stereocenters. The topological polar surface area (TPSA) is 100 Å². The summed E-state index contributed by atoms with van der Waals surface area (Å²) >= 11 is 1.85. The highest BCUT2D eigenvalue weighted by Gasteiger charge is 2.17. The van der Waals surface area contributed by atoms with E-state index in [0.717, 1.165) is 22.7 Å². The zero-order chi connectivity index (χ0) is 10.3. The summed E-state index contributed by atoms with van der Waals surface area (Å²) in [6, 6.07) is 0. The van der Waals surface area contributed by atoms with E-state index in [0.29, 0.717) is 4.01 Å². The molecule has 0 saturated heterocycles. The molecule has 0 aliphatic carbocycles. The number of nitrogens with zero attached hydrogens (tertiary/aromatic N) is 2. The number of aromatic nitrogens is 2. The third-order valence-corrected chi connectivity index (χ3v) is 3.50. The minimum atomic E-state index is -1.13. The molecule has 0 aromatic carbocycles. The molecule has 0 spiro atoms. The van der Waals surface area contributed by atoms with E-state index in [4.69, 9.17) is 10.2 Å². The number of fused-ring (bicyclic) bond motifs is 1. The minimum absolute atomic E-state index is 0. The smallest absolute Gasteiger partial charge is 0.365 e. The van der Waals surface area contributed by atoms with Gasteiger partial charge in [0.25, 0.3) is 0 Å². The van der Waals surface area contributed by atoms with Crippen molar-refractivity contribution in [2.24, 2.45) is 0 Å².